The number of halogens is 1. The topological polar surface area (TPSA) is 67.2 Å². The number of carbonyl (C=O) groups is 1. The van der Waals surface area contributed by atoms with E-state index in [0.717, 1.165) is 0 Å². The number of hydrogen-bond acceptors (Lipinski definition) is 2. The van der Waals surface area contributed by atoms with E-state index in [1.165, 1.54) is 12.1 Å². The van der Waals surface area contributed by atoms with Crippen molar-refractivity contribution in [1.82, 2.24) is 0 Å². The molecule has 6 heteroatoms. The van der Waals surface area contributed by atoms with Gasteiger partial charge in [-0.05, 0) is 54.7 Å². The molecule has 4 N–H and O–H groups in total. The molecule has 2 aromatic carbocycles. The molecule has 0 saturated carbocycles. The third kappa shape index (κ3) is 3.76. The molecule has 0 aliphatic rings. The van der Waals surface area contributed by atoms with Crippen molar-refractivity contribution < 1.29 is 9.18 Å². The Labute approximate surface area is 120 Å². The second-order valence-corrected chi connectivity index (χ2v) is 4.44. The molecule has 0 saturated heterocycles. The van der Waals surface area contributed by atoms with E-state index in [-0.39, 0.29) is 5.82 Å². The highest BCUT2D eigenvalue weighted by Gasteiger charge is 2.02. The van der Waals surface area contributed by atoms with Gasteiger partial charge in [-0.2, -0.15) is 0 Å². The van der Waals surface area contributed by atoms with Crippen LogP contribution < -0.4 is 16.4 Å². The quantitative estimate of drug-likeness (QED) is 0.760. The predicted molar refractivity (Wildman–Crippen MR) is 81.2 cm³/mol. The lowest BCUT2D eigenvalue weighted by Gasteiger charge is -2.10. The summed E-state index contributed by atoms with van der Waals surface area (Å²) in [6.45, 7) is 0. The van der Waals surface area contributed by atoms with Gasteiger partial charge in [0.2, 0.25) is 5.91 Å². The zero-order valence-corrected chi connectivity index (χ0v) is 11.2. The van der Waals surface area contributed by atoms with Gasteiger partial charge in [-0.3, -0.25) is 4.79 Å². The predicted octanol–water partition coefficient (Wildman–Crippen LogP) is 2.73. The Hall–Kier alpha value is -2.47. The smallest absolute Gasteiger partial charge is 0.248 e. The first-order chi connectivity index (χ1) is 9.54. The highest BCUT2D eigenvalue weighted by Crippen LogP contribution is 2.12. The van der Waals surface area contributed by atoms with Crippen molar-refractivity contribution in [1.29, 1.82) is 0 Å². The number of amides is 1. The standard InChI is InChI=1S/C14H12FN3OS/c15-10-2-1-3-12(8-10)18-14(20)17-11-6-4-9(5-7-11)13(16)19/h1-8H,(H2,16,19)(H2,17,18,20). The molecule has 1 amide bonds. The van der Waals surface area contributed by atoms with Crippen LogP contribution in [0.1, 0.15) is 10.4 Å². The van der Waals surface area contributed by atoms with Crippen molar-refractivity contribution in [2.24, 2.45) is 5.73 Å². The molecular formula is C14H12FN3OS. The summed E-state index contributed by atoms with van der Waals surface area (Å²) >= 11 is 5.11. The summed E-state index contributed by atoms with van der Waals surface area (Å²) in [6, 6.07) is 12.5. The van der Waals surface area contributed by atoms with Crippen molar-refractivity contribution >= 4 is 34.6 Å². The molecule has 0 heterocycles. The van der Waals surface area contributed by atoms with Crippen molar-refractivity contribution in [3.63, 3.8) is 0 Å². The second kappa shape index (κ2) is 6.12. The summed E-state index contributed by atoms with van der Waals surface area (Å²) in [7, 11) is 0. The molecule has 0 aliphatic heterocycles. The molecule has 2 aromatic rings. The van der Waals surface area contributed by atoms with Crippen molar-refractivity contribution in [2.75, 3.05) is 10.6 Å². The number of primary amides is 1. The number of carbonyl (C=O) groups excluding carboxylic acids is 1. The lowest BCUT2D eigenvalue weighted by molar-refractivity contribution is 0.100. The van der Waals surface area contributed by atoms with Crippen LogP contribution in [0.5, 0.6) is 0 Å². The third-order valence-corrected chi connectivity index (χ3v) is 2.71. The molecule has 0 spiro atoms. The minimum atomic E-state index is -0.489. The first-order valence-electron chi connectivity index (χ1n) is 5.78. The molecule has 0 atom stereocenters. The number of thiocarbonyl (C=S) groups is 1. The van der Waals surface area contributed by atoms with E-state index >= 15 is 0 Å². The normalized spacial score (nSPS) is 9.85. The SMILES string of the molecule is NC(=O)c1ccc(NC(=S)Nc2cccc(F)c2)cc1. The zero-order chi connectivity index (χ0) is 14.5. The van der Waals surface area contributed by atoms with Crippen LogP contribution >= 0.6 is 12.2 Å². The Morgan fingerprint density at radius 2 is 1.70 bits per heavy atom. The summed E-state index contributed by atoms with van der Waals surface area (Å²) in [5.74, 6) is -0.833. The number of rotatable bonds is 3. The van der Waals surface area contributed by atoms with E-state index in [9.17, 15) is 9.18 Å². The fourth-order valence-corrected chi connectivity index (χ4v) is 1.81. The van der Waals surface area contributed by atoms with Gasteiger partial charge in [0.05, 0.1) is 0 Å². The average molecular weight is 289 g/mol. The van der Waals surface area contributed by atoms with Gasteiger partial charge in [0.1, 0.15) is 5.82 Å². The summed E-state index contributed by atoms with van der Waals surface area (Å²) in [6.07, 6.45) is 0. The summed E-state index contributed by atoms with van der Waals surface area (Å²) < 4.78 is 13.0. The van der Waals surface area contributed by atoms with E-state index in [1.807, 2.05) is 0 Å². The van der Waals surface area contributed by atoms with Crippen LogP contribution in [-0.4, -0.2) is 11.0 Å². The zero-order valence-electron chi connectivity index (χ0n) is 10.4. The molecular weight excluding hydrogens is 277 g/mol. The first-order valence-corrected chi connectivity index (χ1v) is 6.19. The first kappa shape index (κ1) is 14.0. The number of hydrogen-bond donors (Lipinski definition) is 3. The minimum absolute atomic E-state index is 0.322. The van der Waals surface area contributed by atoms with Crippen molar-refractivity contribution in [3.05, 3.63) is 59.9 Å². The molecule has 4 nitrogen and oxygen atoms in total. The van der Waals surface area contributed by atoms with Crippen LogP contribution in [-0.2, 0) is 0 Å². The van der Waals surface area contributed by atoms with Crippen LogP contribution in [0.3, 0.4) is 0 Å². The molecule has 20 heavy (non-hydrogen) atoms. The Morgan fingerprint density at radius 1 is 1.05 bits per heavy atom. The van der Waals surface area contributed by atoms with E-state index in [1.54, 1.807) is 36.4 Å². The maximum atomic E-state index is 13.0. The average Bonchev–Trinajstić information content (AvgIpc) is 2.39. The highest BCUT2D eigenvalue weighted by atomic mass is 32.1. The van der Waals surface area contributed by atoms with Crippen LogP contribution in [0.15, 0.2) is 48.5 Å². The lowest BCUT2D eigenvalue weighted by Crippen LogP contribution is -2.19. The maximum absolute atomic E-state index is 13.0. The van der Waals surface area contributed by atoms with Crippen LogP contribution in [0, 0.1) is 5.82 Å². The number of nitrogens with one attached hydrogen (secondary N) is 2. The largest absolute Gasteiger partial charge is 0.366 e. The van der Waals surface area contributed by atoms with Gasteiger partial charge < -0.3 is 16.4 Å². The van der Waals surface area contributed by atoms with Crippen molar-refractivity contribution in [2.45, 2.75) is 0 Å². The van der Waals surface area contributed by atoms with Gasteiger partial charge >= 0.3 is 0 Å². The van der Waals surface area contributed by atoms with E-state index in [4.69, 9.17) is 18.0 Å². The summed E-state index contributed by atoms with van der Waals surface area (Å²) in [4.78, 5) is 10.9. The van der Waals surface area contributed by atoms with Gasteiger partial charge in [-0.1, -0.05) is 6.07 Å². The van der Waals surface area contributed by atoms with E-state index in [2.05, 4.69) is 10.6 Å². The van der Waals surface area contributed by atoms with Gasteiger partial charge in [-0.25, -0.2) is 4.39 Å². The fourth-order valence-electron chi connectivity index (χ4n) is 1.58. The minimum Gasteiger partial charge on any atom is -0.366 e. The van der Waals surface area contributed by atoms with Crippen LogP contribution in [0.2, 0.25) is 0 Å². The second-order valence-electron chi connectivity index (χ2n) is 4.03. The van der Waals surface area contributed by atoms with Crippen LogP contribution in [0.25, 0.3) is 0 Å². The molecule has 0 bridgehead atoms. The fraction of sp³-hybridized carbons (Fsp3) is 0. The van der Waals surface area contributed by atoms with E-state index in [0.29, 0.717) is 22.1 Å². The molecule has 0 radical (unpaired) electrons. The van der Waals surface area contributed by atoms with E-state index < -0.39 is 5.91 Å². The molecule has 0 aromatic heterocycles. The van der Waals surface area contributed by atoms with Gasteiger partial charge in [0.15, 0.2) is 5.11 Å². The molecule has 102 valence electrons. The summed E-state index contributed by atoms with van der Waals surface area (Å²) in [5.41, 5.74) is 6.81. The summed E-state index contributed by atoms with van der Waals surface area (Å²) in [5, 5.41) is 6.10. The Balaban J connectivity index is 1.99. The highest BCUT2D eigenvalue weighted by molar-refractivity contribution is 7.80. The Kier molecular flexibility index (Phi) is 4.27. The molecule has 0 fully saturated rings. The van der Waals surface area contributed by atoms with Crippen molar-refractivity contribution in [3.8, 4) is 0 Å². The lowest BCUT2D eigenvalue weighted by atomic mass is 10.2. The Bertz CT molecular complexity index is 643. The molecule has 0 aliphatic carbocycles. The molecule has 0 unspecified atom stereocenters. The monoisotopic (exact) mass is 289 g/mol. The number of nitrogens with two attached hydrogens (primary N) is 1. The number of benzene rings is 2. The Morgan fingerprint density at radius 3 is 2.30 bits per heavy atom. The maximum Gasteiger partial charge on any atom is 0.248 e. The third-order valence-electron chi connectivity index (χ3n) is 2.51. The van der Waals surface area contributed by atoms with Gasteiger partial charge in [0, 0.05) is 16.9 Å². The number of anilines is 2. The van der Waals surface area contributed by atoms with Gasteiger partial charge in [-0.15, -0.1) is 0 Å². The molecule has 2 rings (SSSR count). The van der Waals surface area contributed by atoms with Crippen LogP contribution in [0.4, 0.5) is 15.8 Å². The van der Waals surface area contributed by atoms with Gasteiger partial charge in [0.25, 0.3) is 0 Å².